The molecule has 1 N–H and O–H groups in total. The number of cyclic esters (lactones) is 1. The van der Waals surface area contributed by atoms with Crippen molar-refractivity contribution < 1.29 is 52.4 Å². The summed E-state index contributed by atoms with van der Waals surface area (Å²) in [6, 6.07) is 1.75. The number of furan rings is 1. The smallest absolute Gasteiger partial charge is 0.347 e. The van der Waals surface area contributed by atoms with Crippen molar-refractivity contribution >= 4 is 29.7 Å². The van der Waals surface area contributed by atoms with Crippen LogP contribution in [0, 0.1) is 34.0 Å². The first-order chi connectivity index (χ1) is 19.5. The fourth-order valence-electron chi connectivity index (χ4n) is 8.91. The Labute approximate surface area is 243 Å². The van der Waals surface area contributed by atoms with Gasteiger partial charge in [0, 0.05) is 41.6 Å². The second-order valence-electron chi connectivity index (χ2n) is 13.2. The van der Waals surface area contributed by atoms with E-state index in [1.54, 1.807) is 26.8 Å². The van der Waals surface area contributed by atoms with E-state index in [0.717, 1.165) is 14.0 Å². The van der Waals surface area contributed by atoms with Crippen molar-refractivity contribution in [1.29, 1.82) is 0 Å². The number of carbonyl (C=O) groups is 5. The lowest BCUT2D eigenvalue weighted by Crippen LogP contribution is -2.76. The van der Waals surface area contributed by atoms with Crippen molar-refractivity contribution in [2.45, 2.75) is 84.7 Å². The minimum Gasteiger partial charge on any atom is -0.472 e. The Balaban J connectivity index is 1.75. The summed E-state index contributed by atoms with van der Waals surface area (Å²) in [5.74, 6) is -5.53. The molecule has 9 atom stereocenters. The summed E-state index contributed by atoms with van der Waals surface area (Å²) in [4.78, 5) is 65.5. The molecule has 42 heavy (non-hydrogen) atoms. The van der Waals surface area contributed by atoms with E-state index < -0.39 is 87.6 Å². The number of methoxy groups -OCH3 is 1. The lowest BCUT2D eigenvalue weighted by molar-refractivity contribution is -0.238. The molecule has 1 saturated heterocycles. The van der Waals surface area contributed by atoms with Crippen LogP contribution in [0.15, 0.2) is 34.7 Å². The normalized spacial score (nSPS) is 39.0. The van der Waals surface area contributed by atoms with Crippen LogP contribution in [0.25, 0.3) is 0 Å². The molecule has 1 aromatic rings. The van der Waals surface area contributed by atoms with Crippen LogP contribution in [-0.4, -0.2) is 59.7 Å². The number of hydrogen-bond acceptors (Lipinski definition) is 11. The Kier molecular flexibility index (Phi) is 6.99. The summed E-state index contributed by atoms with van der Waals surface area (Å²) in [5, 5.41) is 12.3. The lowest BCUT2D eigenvalue weighted by Gasteiger charge is -2.66. The van der Waals surface area contributed by atoms with Crippen molar-refractivity contribution in [3.8, 4) is 0 Å². The highest BCUT2D eigenvalue weighted by molar-refractivity contribution is 5.99. The number of allylic oxidation sites excluding steroid dienone is 1. The van der Waals surface area contributed by atoms with E-state index in [9.17, 15) is 29.1 Å². The standard InChI is InChI=1S/C31H38O11/c1-15(32)40-22(25(35)38-7)23-28(3,4)27(41-16(2)33)31(37)13-18-19(30(23,6)26(31)36)8-10-29(5)20(18)12-21(34)42-24(29)17-9-11-39-14-17/h9,11,13-14,19-20,22-24,27,37H,8,10,12H2,1-7H3/t19-,20-,22+,23-,24-,27-,29+,30+,31-/m0/s1. The van der Waals surface area contributed by atoms with Gasteiger partial charge in [-0.2, -0.15) is 0 Å². The predicted octanol–water partition coefficient (Wildman–Crippen LogP) is 3.24. The third-order valence-corrected chi connectivity index (χ3v) is 10.4. The van der Waals surface area contributed by atoms with Gasteiger partial charge in [-0.05, 0) is 36.8 Å². The highest BCUT2D eigenvalue weighted by Crippen LogP contribution is 2.69. The fraction of sp³-hybridized carbons (Fsp3) is 0.645. The summed E-state index contributed by atoms with van der Waals surface area (Å²) in [6.45, 7) is 9.36. The van der Waals surface area contributed by atoms with Gasteiger partial charge in [0.2, 0.25) is 6.10 Å². The van der Waals surface area contributed by atoms with Crippen molar-refractivity contribution in [3.05, 3.63) is 35.8 Å². The average molecular weight is 587 g/mol. The number of aliphatic hydroxyl groups is 1. The fourth-order valence-corrected chi connectivity index (χ4v) is 8.91. The molecule has 2 saturated carbocycles. The summed E-state index contributed by atoms with van der Waals surface area (Å²) in [6.07, 6.45) is 1.90. The molecule has 1 aliphatic heterocycles. The Morgan fingerprint density at radius 3 is 2.33 bits per heavy atom. The molecule has 4 aliphatic rings. The minimum atomic E-state index is -2.28. The van der Waals surface area contributed by atoms with Crippen molar-refractivity contribution in [2.75, 3.05) is 7.11 Å². The number of ketones is 1. The maximum atomic E-state index is 14.6. The number of hydrogen-bond donors (Lipinski definition) is 1. The van der Waals surface area contributed by atoms with Crippen molar-refractivity contribution in [2.24, 2.45) is 34.0 Å². The first-order valence-electron chi connectivity index (χ1n) is 14.2. The van der Waals surface area contributed by atoms with Gasteiger partial charge in [-0.15, -0.1) is 0 Å². The number of fused-ring (bicyclic) bond motifs is 6. The highest BCUT2D eigenvalue weighted by atomic mass is 16.6. The highest BCUT2D eigenvalue weighted by Gasteiger charge is 2.75. The SMILES string of the molecule is COC(=O)[C@H](OC(C)=O)[C@H]1C(C)(C)[C@H](OC(C)=O)[C@]2(O)C=C3[C@@H]4CC(=O)O[C@@H](c5ccoc5)[C@]4(C)CC[C@@H]3[C@@]1(C)C2=O. The van der Waals surface area contributed by atoms with Gasteiger partial charge < -0.3 is 28.5 Å². The minimum absolute atomic E-state index is 0.00417. The van der Waals surface area contributed by atoms with Crippen LogP contribution in [0.2, 0.25) is 0 Å². The van der Waals surface area contributed by atoms with E-state index in [1.807, 2.05) is 6.92 Å². The number of carbonyl (C=O) groups excluding carboxylic acids is 5. The molecule has 11 nitrogen and oxygen atoms in total. The van der Waals surface area contributed by atoms with Crippen LogP contribution in [0.5, 0.6) is 0 Å². The summed E-state index contributed by atoms with van der Waals surface area (Å²) in [5.41, 5.74) is -4.31. The predicted molar refractivity (Wildman–Crippen MR) is 143 cm³/mol. The first-order valence-corrected chi connectivity index (χ1v) is 14.2. The first kappa shape index (κ1) is 30.0. The maximum Gasteiger partial charge on any atom is 0.347 e. The van der Waals surface area contributed by atoms with Crippen molar-refractivity contribution in [3.63, 3.8) is 0 Å². The molecule has 0 aromatic carbocycles. The number of ether oxygens (including phenoxy) is 4. The molecular weight excluding hydrogens is 548 g/mol. The molecular formula is C31H38O11. The molecule has 11 heteroatoms. The van der Waals surface area contributed by atoms with E-state index in [2.05, 4.69) is 0 Å². The van der Waals surface area contributed by atoms with E-state index in [0.29, 0.717) is 24.0 Å². The van der Waals surface area contributed by atoms with Gasteiger partial charge >= 0.3 is 23.9 Å². The number of rotatable bonds is 5. The molecule has 3 aliphatic carbocycles. The molecule has 3 fully saturated rings. The molecule has 0 spiro atoms. The zero-order valence-corrected chi connectivity index (χ0v) is 24.9. The molecule has 0 radical (unpaired) electrons. The van der Waals surface area contributed by atoms with Crippen LogP contribution >= 0.6 is 0 Å². The van der Waals surface area contributed by atoms with Crippen molar-refractivity contribution in [1.82, 2.24) is 0 Å². The largest absolute Gasteiger partial charge is 0.472 e. The van der Waals surface area contributed by atoms with E-state index >= 15 is 0 Å². The van der Waals surface area contributed by atoms with Gasteiger partial charge in [0.05, 0.1) is 26.1 Å². The number of Topliss-reactive ketones (excluding diaryl/α,β-unsaturated/α-hetero) is 1. The van der Waals surface area contributed by atoms with Crippen LogP contribution in [-0.2, 0) is 42.9 Å². The monoisotopic (exact) mass is 586 g/mol. The van der Waals surface area contributed by atoms with Gasteiger partial charge in [-0.3, -0.25) is 19.2 Å². The quantitative estimate of drug-likeness (QED) is 0.307. The topological polar surface area (TPSA) is 156 Å². The molecule has 1 aromatic heterocycles. The number of esters is 4. The Morgan fingerprint density at radius 1 is 1.07 bits per heavy atom. The third-order valence-electron chi connectivity index (χ3n) is 10.4. The zero-order valence-electron chi connectivity index (χ0n) is 24.9. The summed E-state index contributed by atoms with van der Waals surface area (Å²) < 4.78 is 27.5. The zero-order chi connectivity index (χ0) is 31.0. The molecule has 2 heterocycles. The van der Waals surface area contributed by atoms with Gasteiger partial charge in [-0.1, -0.05) is 33.3 Å². The molecule has 2 bridgehead atoms. The average Bonchev–Trinajstić information content (AvgIpc) is 3.43. The molecule has 0 amide bonds. The van der Waals surface area contributed by atoms with Crippen LogP contribution in [0.1, 0.15) is 72.5 Å². The Morgan fingerprint density at radius 2 is 1.76 bits per heavy atom. The van der Waals surface area contributed by atoms with Gasteiger partial charge in [0.1, 0.15) is 12.2 Å². The van der Waals surface area contributed by atoms with Crippen LogP contribution in [0.4, 0.5) is 0 Å². The third kappa shape index (κ3) is 4.06. The maximum absolute atomic E-state index is 14.6. The second kappa shape index (κ2) is 9.79. The van der Waals surface area contributed by atoms with E-state index in [-0.39, 0.29) is 6.42 Å². The van der Waals surface area contributed by atoms with Gasteiger partial charge in [0.25, 0.3) is 0 Å². The van der Waals surface area contributed by atoms with E-state index in [1.165, 1.54) is 25.5 Å². The van der Waals surface area contributed by atoms with Crippen LogP contribution < -0.4 is 0 Å². The molecule has 228 valence electrons. The second-order valence-corrected chi connectivity index (χ2v) is 13.2. The summed E-state index contributed by atoms with van der Waals surface area (Å²) in [7, 11) is 1.15. The summed E-state index contributed by atoms with van der Waals surface area (Å²) >= 11 is 0. The molecule has 0 unspecified atom stereocenters. The Bertz CT molecular complexity index is 1360. The molecule has 5 rings (SSSR count). The van der Waals surface area contributed by atoms with Crippen LogP contribution in [0.3, 0.4) is 0 Å². The van der Waals surface area contributed by atoms with Gasteiger partial charge in [0.15, 0.2) is 11.4 Å². The van der Waals surface area contributed by atoms with Gasteiger partial charge in [-0.25, -0.2) is 4.79 Å². The van der Waals surface area contributed by atoms with E-state index in [4.69, 9.17) is 23.4 Å². The Hall–Kier alpha value is -3.47. The lowest BCUT2D eigenvalue weighted by atomic mass is 9.39.